The Kier molecular flexibility index (Phi) is 6.51. The Morgan fingerprint density at radius 1 is 1.29 bits per heavy atom. The van der Waals surface area contributed by atoms with Crippen LogP contribution < -0.4 is 0 Å². The number of Topliss-reactive ketones (excluding diaryl/α,β-unsaturated/α-hetero) is 1. The molecular weight excluding hydrogens is 396 g/mol. The first-order valence-electron chi connectivity index (χ1n) is 11.7. The van der Waals surface area contributed by atoms with Crippen LogP contribution in [0.2, 0.25) is 0 Å². The highest BCUT2D eigenvalue weighted by atomic mass is 16.5. The molecule has 0 aromatic rings. The van der Waals surface area contributed by atoms with E-state index in [1.165, 1.54) is 6.92 Å². The van der Waals surface area contributed by atoms with Crippen molar-refractivity contribution >= 4 is 11.8 Å². The minimum atomic E-state index is -1.11. The molecule has 7 atom stereocenters. The second-order valence-electron chi connectivity index (χ2n) is 10.8. The molecular formula is C25H40O6. The predicted octanol–water partition coefficient (Wildman–Crippen LogP) is 3.58. The lowest BCUT2D eigenvalue weighted by Gasteiger charge is -2.56. The number of carbonyl (C=O) groups excluding carboxylic acids is 2. The maximum Gasteiger partial charge on any atom is 0.303 e. The fourth-order valence-electron chi connectivity index (χ4n) is 6.37. The number of esters is 1. The van der Waals surface area contributed by atoms with E-state index in [-0.39, 0.29) is 23.7 Å². The zero-order valence-electron chi connectivity index (χ0n) is 20.2. The largest absolute Gasteiger partial charge is 0.450 e. The van der Waals surface area contributed by atoms with Crippen molar-refractivity contribution in [2.24, 2.45) is 22.7 Å². The first kappa shape index (κ1) is 24.4. The minimum Gasteiger partial charge on any atom is -0.450 e. The zero-order valence-corrected chi connectivity index (χ0v) is 20.2. The molecule has 3 unspecified atom stereocenters. The Morgan fingerprint density at radius 2 is 1.94 bits per heavy atom. The summed E-state index contributed by atoms with van der Waals surface area (Å²) in [6.07, 6.45) is 1.08. The number of aliphatic hydroxyl groups excluding tert-OH is 1. The molecule has 2 N–H and O–H groups in total. The molecule has 0 spiro atoms. The Morgan fingerprint density at radius 3 is 2.45 bits per heavy atom. The van der Waals surface area contributed by atoms with E-state index >= 15 is 0 Å². The van der Waals surface area contributed by atoms with Gasteiger partial charge in [0.2, 0.25) is 0 Å². The van der Waals surface area contributed by atoms with Gasteiger partial charge in [-0.05, 0) is 44.6 Å². The molecule has 2 aliphatic carbocycles. The SMILES string of the molecule is CCC[C@]1(O)CCC(C)=C([C@@H](OC(C)=O)C(=O)[C@@]2(C)C(C)C3COC3C[C@@H]2O)C1(C)C. The van der Waals surface area contributed by atoms with Crippen molar-refractivity contribution in [3.63, 3.8) is 0 Å². The van der Waals surface area contributed by atoms with E-state index in [0.29, 0.717) is 37.9 Å². The van der Waals surface area contributed by atoms with Crippen LogP contribution in [0.3, 0.4) is 0 Å². The summed E-state index contributed by atoms with van der Waals surface area (Å²) in [5.74, 6) is -0.703. The standard InChI is InChI=1S/C25H40O6/c1-8-10-25(29)11-9-14(2)20(23(25,5)6)21(31-16(4)26)22(28)24(7)15(3)17-13-30-18(17)12-19(24)27/h15,17-19,21,27,29H,8-13H2,1-7H3/t15?,17?,18?,19-,21+,24-,25-/m0/s1. The molecule has 6 heteroatoms. The lowest BCUT2D eigenvalue weighted by molar-refractivity contribution is -0.221. The molecule has 1 saturated heterocycles. The summed E-state index contributed by atoms with van der Waals surface area (Å²) in [6.45, 7) is 13.6. The molecule has 6 nitrogen and oxygen atoms in total. The van der Waals surface area contributed by atoms with Gasteiger partial charge < -0.3 is 19.7 Å². The van der Waals surface area contributed by atoms with E-state index in [9.17, 15) is 19.8 Å². The summed E-state index contributed by atoms with van der Waals surface area (Å²) < 4.78 is 11.3. The second-order valence-corrected chi connectivity index (χ2v) is 10.8. The van der Waals surface area contributed by atoms with Gasteiger partial charge in [-0.2, -0.15) is 0 Å². The Bertz CT molecular complexity index is 770. The fraction of sp³-hybridized carbons (Fsp3) is 0.840. The van der Waals surface area contributed by atoms with Crippen LogP contribution in [-0.2, 0) is 19.1 Å². The number of ketones is 1. The van der Waals surface area contributed by atoms with Crippen LogP contribution in [0, 0.1) is 22.7 Å². The number of aliphatic hydroxyl groups is 2. The average molecular weight is 437 g/mol. The van der Waals surface area contributed by atoms with Gasteiger partial charge in [-0.1, -0.05) is 39.7 Å². The highest BCUT2D eigenvalue weighted by Crippen LogP contribution is 2.55. The molecule has 0 radical (unpaired) electrons. The normalized spacial score (nSPS) is 40.5. The van der Waals surface area contributed by atoms with Crippen molar-refractivity contribution in [1.29, 1.82) is 0 Å². The molecule has 0 aromatic heterocycles. The van der Waals surface area contributed by atoms with Crippen molar-refractivity contribution in [2.75, 3.05) is 6.61 Å². The molecule has 176 valence electrons. The number of carbonyl (C=O) groups is 2. The van der Waals surface area contributed by atoms with Crippen molar-refractivity contribution in [3.8, 4) is 0 Å². The lowest BCUT2D eigenvalue weighted by Crippen LogP contribution is -2.64. The van der Waals surface area contributed by atoms with Crippen molar-refractivity contribution in [2.45, 2.75) is 104 Å². The summed E-state index contributed by atoms with van der Waals surface area (Å²) >= 11 is 0. The average Bonchev–Trinajstić information content (AvgIpc) is 2.65. The molecule has 1 saturated carbocycles. The molecule has 0 aromatic carbocycles. The van der Waals surface area contributed by atoms with Gasteiger partial charge in [0.05, 0.1) is 29.8 Å². The third kappa shape index (κ3) is 3.68. The van der Waals surface area contributed by atoms with Gasteiger partial charge in [0.25, 0.3) is 0 Å². The molecule has 0 amide bonds. The summed E-state index contributed by atoms with van der Waals surface area (Å²) in [7, 11) is 0. The highest BCUT2D eigenvalue weighted by molar-refractivity contribution is 5.94. The maximum atomic E-state index is 14.2. The second kappa shape index (κ2) is 8.27. The van der Waals surface area contributed by atoms with Gasteiger partial charge in [-0.15, -0.1) is 0 Å². The Balaban J connectivity index is 2.07. The number of ether oxygens (including phenoxy) is 2. The van der Waals surface area contributed by atoms with Gasteiger partial charge in [0, 0.05) is 24.7 Å². The maximum absolute atomic E-state index is 14.2. The van der Waals surface area contributed by atoms with Gasteiger partial charge in [0.15, 0.2) is 11.9 Å². The Labute approximate surface area is 186 Å². The van der Waals surface area contributed by atoms with Gasteiger partial charge >= 0.3 is 5.97 Å². The molecule has 2 fully saturated rings. The molecule has 31 heavy (non-hydrogen) atoms. The number of hydrogen-bond donors (Lipinski definition) is 2. The van der Waals surface area contributed by atoms with Gasteiger partial charge in [-0.3, -0.25) is 9.59 Å². The number of hydrogen-bond acceptors (Lipinski definition) is 6. The quantitative estimate of drug-likeness (QED) is 0.488. The van der Waals surface area contributed by atoms with E-state index in [2.05, 4.69) is 0 Å². The first-order chi connectivity index (χ1) is 14.3. The molecule has 1 heterocycles. The van der Waals surface area contributed by atoms with Gasteiger partial charge in [-0.25, -0.2) is 0 Å². The highest BCUT2D eigenvalue weighted by Gasteiger charge is 2.61. The topological polar surface area (TPSA) is 93.1 Å². The van der Waals surface area contributed by atoms with Crippen LogP contribution in [0.1, 0.15) is 80.6 Å². The fourth-order valence-corrected chi connectivity index (χ4v) is 6.37. The number of rotatable bonds is 6. The summed E-state index contributed by atoms with van der Waals surface area (Å²) in [6, 6.07) is 0. The van der Waals surface area contributed by atoms with Crippen molar-refractivity contribution in [1.82, 2.24) is 0 Å². The Hall–Kier alpha value is -1.24. The van der Waals surface area contributed by atoms with E-state index in [1.54, 1.807) is 6.92 Å². The predicted molar refractivity (Wildman–Crippen MR) is 117 cm³/mol. The summed E-state index contributed by atoms with van der Waals surface area (Å²) in [5.41, 5.74) is -1.11. The lowest BCUT2D eigenvalue weighted by atomic mass is 9.54. The van der Waals surface area contributed by atoms with Crippen LogP contribution in [0.25, 0.3) is 0 Å². The van der Waals surface area contributed by atoms with Crippen LogP contribution in [0.4, 0.5) is 0 Å². The monoisotopic (exact) mass is 436 g/mol. The van der Waals surface area contributed by atoms with Crippen LogP contribution in [-0.4, -0.2) is 52.5 Å². The summed E-state index contributed by atoms with van der Waals surface area (Å²) in [5, 5.41) is 22.6. The molecule has 3 aliphatic rings. The van der Waals surface area contributed by atoms with E-state index in [0.717, 1.165) is 12.0 Å². The van der Waals surface area contributed by atoms with Crippen molar-refractivity contribution < 1.29 is 29.3 Å². The third-order valence-electron chi connectivity index (χ3n) is 8.90. The first-order valence-corrected chi connectivity index (χ1v) is 11.7. The van der Waals surface area contributed by atoms with Gasteiger partial charge in [0.1, 0.15) is 0 Å². The number of allylic oxidation sites excluding steroid dienone is 1. The van der Waals surface area contributed by atoms with Crippen molar-refractivity contribution in [3.05, 3.63) is 11.1 Å². The molecule has 3 rings (SSSR count). The van der Waals surface area contributed by atoms with E-state index < -0.39 is 34.6 Å². The molecule has 0 bridgehead atoms. The minimum absolute atomic E-state index is 0.0141. The van der Waals surface area contributed by atoms with E-state index in [4.69, 9.17) is 9.47 Å². The van der Waals surface area contributed by atoms with E-state index in [1.807, 2.05) is 34.6 Å². The van der Waals surface area contributed by atoms with Crippen LogP contribution in [0.15, 0.2) is 11.1 Å². The smallest absolute Gasteiger partial charge is 0.303 e. The van der Waals surface area contributed by atoms with Crippen LogP contribution in [0.5, 0.6) is 0 Å². The number of fused-ring (bicyclic) bond motifs is 1. The van der Waals surface area contributed by atoms with Crippen LogP contribution >= 0.6 is 0 Å². The third-order valence-corrected chi connectivity index (χ3v) is 8.90. The zero-order chi connectivity index (χ0) is 23.4. The molecule has 1 aliphatic heterocycles. The summed E-state index contributed by atoms with van der Waals surface area (Å²) in [4.78, 5) is 26.3.